The van der Waals surface area contributed by atoms with Crippen molar-refractivity contribution in [2.24, 2.45) is 0 Å². The van der Waals surface area contributed by atoms with Gasteiger partial charge in [-0.1, -0.05) is 23.7 Å². The van der Waals surface area contributed by atoms with Crippen LogP contribution in [-0.4, -0.2) is 36.0 Å². The van der Waals surface area contributed by atoms with Crippen molar-refractivity contribution >= 4 is 40.4 Å². The van der Waals surface area contributed by atoms with Gasteiger partial charge in [0, 0.05) is 35.1 Å². The standard InChI is InChI=1S/C30H31ClN2O4/c1-5-32(6-2)23-13-7-20(8-14-23)27-26(28(34)21-9-17-25(18-10-21)37-19(3)4)29(35)30(36)33(27)24-15-11-22(31)12-16-24/h7-19,27,34H,5-6H2,1-4H3/b28-26-. The number of carbonyl (C=O) groups is 2. The van der Waals surface area contributed by atoms with Gasteiger partial charge < -0.3 is 14.7 Å². The Bertz CT molecular complexity index is 1290. The SMILES string of the molecule is CCN(CC)c1ccc(C2/C(=C(/O)c3ccc(OC(C)C)cc3)C(=O)C(=O)N2c2ccc(Cl)cc2)cc1. The summed E-state index contributed by atoms with van der Waals surface area (Å²) in [6.45, 7) is 9.75. The van der Waals surface area contributed by atoms with Crippen molar-refractivity contribution in [3.05, 3.63) is 94.5 Å². The Labute approximate surface area is 222 Å². The molecule has 1 aliphatic heterocycles. The highest BCUT2D eigenvalue weighted by atomic mass is 35.5. The van der Waals surface area contributed by atoms with Gasteiger partial charge in [0.05, 0.1) is 17.7 Å². The van der Waals surface area contributed by atoms with Crippen LogP contribution in [0.4, 0.5) is 11.4 Å². The lowest BCUT2D eigenvalue weighted by Gasteiger charge is -2.27. The van der Waals surface area contributed by atoms with Gasteiger partial charge in [0.2, 0.25) is 0 Å². The van der Waals surface area contributed by atoms with E-state index in [-0.39, 0.29) is 17.4 Å². The molecule has 1 saturated heterocycles. The van der Waals surface area contributed by atoms with E-state index in [0.717, 1.165) is 18.8 Å². The number of hydrogen-bond acceptors (Lipinski definition) is 5. The second-order valence-electron chi connectivity index (χ2n) is 9.10. The van der Waals surface area contributed by atoms with Crippen LogP contribution in [0.5, 0.6) is 5.75 Å². The molecule has 1 fully saturated rings. The number of aliphatic hydroxyl groups is 1. The molecule has 0 spiro atoms. The first-order valence-electron chi connectivity index (χ1n) is 12.4. The van der Waals surface area contributed by atoms with Gasteiger partial charge in [-0.05, 0) is 93.9 Å². The molecule has 6 nitrogen and oxygen atoms in total. The number of benzene rings is 3. The molecule has 1 heterocycles. The van der Waals surface area contributed by atoms with Gasteiger partial charge in [0.15, 0.2) is 0 Å². The summed E-state index contributed by atoms with van der Waals surface area (Å²) in [6, 6.07) is 20.5. The monoisotopic (exact) mass is 518 g/mol. The molecule has 4 rings (SSSR count). The molecule has 192 valence electrons. The third-order valence-corrected chi connectivity index (χ3v) is 6.64. The quantitative estimate of drug-likeness (QED) is 0.207. The van der Waals surface area contributed by atoms with Crippen LogP contribution in [0.2, 0.25) is 5.02 Å². The molecule has 1 atom stereocenters. The van der Waals surface area contributed by atoms with Crippen molar-refractivity contribution < 1.29 is 19.4 Å². The van der Waals surface area contributed by atoms with E-state index in [4.69, 9.17) is 16.3 Å². The number of halogens is 1. The van der Waals surface area contributed by atoms with Crippen LogP contribution in [0, 0.1) is 0 Å². The second kappa shape index (κ2) is 11.1. The lowest BCUT2D eigenvalue weighted by molar-refractivity contribution is -0.132. The smallest absolute Gasteiger partial charge is 0.300 e. The molecule has 0 aliphatic carbocycles. The van der Waals surface area contributed by atoms with Crippen LogP contribution in [0.3, 0.4) is 0 Å². The number of anilines is 2. The molecule has 1 unspecified atom stereocenters. The van der Waals surface area contributed by atoms with E-state index in [1.807, 2.05) is 38.1 Å². The summed E-state index contributed by atoms with van der Waals surface area (Å²) in [7, 11) is 0. The fraction of sp³-hybridized carbons (Fsp3) is 0.267. The van der Waals surface area contributed by atoms with Crippen LogP contribution in [0.15, 0.2) is 78.4 Å². The molecule has 37 heavy (non-hydrogen) atoms. The van der Waals surface area contributed by atoms with Crippen molar-refractivity contribution in [2.45, 2.75) is 39.8 Å². The maximum Gasteiger partial charge on any atom is 0.300 e. The van der Waals surface area contributed by atoms with Gasteiger partial charge in [-0.2, -0.15) is 0 Å². The average molecular weight is 519 g/mol. The Morgan fingerprint density at radius 1 is 0.946 bits per heavy atom. The van der Waals surface area contributed by atoms with E-state index in [9.17, 15) is 14.7 Å². The summed E-state index contributed by atoms with van der Waals surface area (Å²) in [5.74, 6) is -1.03. The first-order chi connectivity index (χ1) is 17.7. The molecule has 0 saturated carbocycles. The number of hydrogen-bond donors (Lipinski definition) is 1. The molecule has 3 aromatic carbocycles. The third-order valence-electron chi connectivity index (χ3n) is 6.39. The zero-order valence-corrected chi connectivity index (χ0v) is 22.2. The minimum absolute atomic E-state index is 0.00320. The molecule has 1 aliphatic rings. The summed E-state index contributed by atoms with van der Waals surface area (Å²) in [5.41, 5.74) is 2.73. The van der Waals surface area contributed by atoms with E-state index in [1.165, 1.54) is 4.90 Å². The Balaban J connectivity index is 1.84. The third kappa shape index (κ3) is 5.35. The Hall–Kier alpha value is -3.77. The molecule has 1 amide bonds. The molecule has 7 heteroatoms. The number of nitrogens with zero attached hydrogens (tertiary/aromatic N) is 2. The number of amides is 1. The predicted octanol–water partition coefficient (Wildman–Crippen LogP) is 6.60. The van der Waals surface area contributed by atoms with Crippen LogP contribution in [-0.2, 0) is 9.59 Å². The van der Waals surface area contributed by atoms with Crippen molar-refractivity contribution in [3.63, 3.8) is 0 Å². The molecule has 1 N–H and O–H groups in total. The van der Waals surface area contributed by atoms with Crippen LogP contribution < -0.4 is 14.5 Å². The molecule has 3 aromatic rings. The summed E-state index contributed by atoms with van der Waals surface area (Å²) < 4.78 is 5.69. The van der Waals surface area contributed by atoms with E-state index < -0.39 is 17.7 Å². The summed E-state index contributed by atoms with van der Waals surface area (Å²) >= 11 is 6.08. The minimum atomic E-state index is -0.807. The van der Waals surface area contributed by atoms with Gasteiger partial charge in [0.1, 0.15) is 11.5 Å². The van der Waals surface area contributed by atoms with Gasteiger partial charge in [-0.3, -0.25) is 14.5 Å². The van der Waals surface area contributed by atoms with Gasteiger partial charge >= 0.3 is 0 Å². The topological polar surface area (TPSA) is 70.1 Å². The highest BCUT2D eigenvalue weighted by Crippen LogP contribution is 2.42. The predicted molar refractivity (Wildman–Crippen MR) is 148 cm³/mol. The van der Waals surface area contributed by atoms with E-state index in [2.05, 4.69) is 18.7 Å². The Morgan fingerprint density at radius 3 is 2.08 bits per heavy atom. The Morgan fingerprint density at radius 2 is 1.54 bits per heavy atom. The largest absolute Gasteiger partial charge is 0.507 e. The summed E-state index contributed by atoms with van der Waals surface area (Å²) in [5, 5.41) is 11.9. The lowest BCUT2D eigenvalue weighted by Crippen LogP contribution is -2.29. The number of aliphatic hydroxyl groups excluding tert-OH is 1. The zero-order chi connectivity index (χ0) is 26.7. The molecular formula is C30H31ClN2O4. The molecule has 0 radical (unpaired) electrons. The van der Waals surface area contributed by atoms with E-state index in [1.54, 1.807) is 48.5 Å². The maximum atomic E-state index is 13.4. The first-order valence-corrected chi connectivity index (χ1v) is 12.8. The number of ketones is 1. The average Bonchev–Trinajstić information content (AvgIpc) is 3.15. The normalized spacial score (nSPS) is 16.9. The lowest BCUT2D eigenvalue weighted by atomic mass is 9.94. The molecule has 0 aromatic heterocycles. The van der Waals surface area contributed by atoms with E-state index >= 15 is 0 Å². The van der Waals surface area contributed by atoms with Crippen molar-refractivity contribution in [1.29, 1.82) is 0 Å². The summed E-state index contributed by atoms with van der Waals surface area (Å²) in [4.78, 5) is 30.3. The second-order valence-corrected chi connectivity index (χ2v) is 9.54. The fourth-order valence-electron chi connectivity index (χ4n) is 4.59. The van der Waals surface area contributed by atoms with Gasteiger partial charge in [-0.25, -0.2) is 0 Å². The van der Waals surface area contributed by atoms with Crippen molar-refractivity contribution in [3.8, 4) is 5.75 Å². The van der Waals surface area contributed by atoms with Crippen molar-refractivity contribution in [2.75, 3.05) is 22.9 Å². The minimum Gasteiger partial charge on any atom is -0.507 e. The van der Waals surface area contributed by atoms with Crippen LogP contribution >= 0.6 is 11.6 Å². The number of carbonyl (C=O) groups excluding carboxylic acids is 2. The highest BCUT2D eigenvalue weighted by Gasteiger charge is 2.47. The molecule has 0 bridgehead atoms. The summed E-state index contributed by atoms with van der Waals surface area (Å²) in [6.07, 6.45) is 0.00320. The molecular weight excluding hydrogens is 488 g/mol. The van der Waals surface area contributed by atoms with Gasteiger partial charge in [-0.15, -0.1) is 0 Å². The number of rotatable bonds is 8. The van der Waals surface area contributed by atoms with Crippen LogP contribution in [0.25, 0.3) is 5.76 Å². The maximum absolute atomic E-state index is 13.4. The number of Topliss-reactive ketones (excluding diaryl/α,β-unsaturated/α-hetero) is 1. The number of ether oxygens (including phenoxy) is 1. The first kappa shape index (κ1) is 26.3. The fourth-order valence-corrected chi connectivity index (χ4v) is 4.72. The highest BCUT2D eigenvalue weighted by molar-refractivity contribution is 6.51. The van der Waals surface area contributed by atoms with Crippen molar-refractivity contribution in [1.82, 2.24) is 0 Å². The van der Waals surface area contributed by atoms with Gasteiger partial charge in [0.25, 0.3) is 11.7 Å². The van der Waals surface area contributed by atoms with Crippen LogP contribution in [0.1, 0.15) is 44.9 Å². The zero-order valence-electron chi connectivity index (χ0n) is 21.4. The Kier molecular flexibility index (Phi) is 7.89. The van der Waals surface area contributed by atoms with E-state index in [0.29, 0.717) is 27.6 Å².